The molecule has 0 bridgehead atoms. The molecule has 7 heteroatoms. The van der Waals surface area contributed by atoms with Crippen LogP contribution in [0.25, 0.3) is 0 Å². The van der Waals surface area contributed by atoms with Gasteiger partial charge in [-0.3, -0.25) is 4.79 Å². The van der Waals surface area contributed by atoms with Crippen molar-refractivity contribution in [2.45, 2.75) is 0 Å². The van der Waals surface area contributed by atoms with Crippen molar-refractivity contribution in [3.63, 3.8) is 0 Å². The molecule has 0 atom stereocenters. The molecule has 0 aliphatic rings. The Labute approximate surface area is 101 Å². The lowest BCUT2D eigenvalue weighted by Gasteiger charge is -2.20. The number of carbonyl (C=O) groups excluding carboxylic acids is 1. The third-order valence-electron chi connectivity index (χ3n) is 2.26. The molecular weight excluding hydrogens is 251 g/mol. The first-order valence-electron chi connectivity index (χ1n) is 5.16. The summed E-state index contributed by atoms with van der Waals surface area (Å²) in [4.78, 5) is 12.8. The van der Waals surface area contributed by atoms with Gasteiger partial charge < -0.3 is 15.1 Å². The highest BCUT2D eigenvalue weighted by Crippen LogP contribution is 2.15. The summed E-state index contributed by atoms with van der Waals surface area (Å²) in [6, 6.07) is 1.14. The molecule has 0 spiro atoms. The van der Waals surface area contributed by atoms with E-state index in [1.165, 1.54) is 0 Å². The van der Waals surface area contributed by atoms with Gasteiger partial charge >= 0.3 is 0 Å². The number of nitrogens with zero attached hydrogens (tertiary/aromatic N) is 1. The predicted molar refractivity (Wildman–Crippen MR) is 56.4 cm³/mol. The Hall–Kier alpha value is -1.60. The highest BCUT2D eigenvalue weighted by Gasteiger charge is 2.19. The van der Waals surface area contributed by atoms with Crippen molar-refractivity contribution in [1.82, 2.24) is 4.90 Å². The van der Waals surface area contributed by atoms with Gasteiger partial charge in [0.05, 0.1) is 13.2 Å². The van der Waals surface area contributed by atoms with E-state index in [2.05, 4.69) is 0 Å². The van der Waals surface area contributed by atoms with Crippen molar-refractivity contribution < 1.29 is 28.2 Å². The van der Waals surface area contributed by atoms with Crippen LogP contribution in [0.3, 0.4) is 0 Å². The van der Waals surface area contributed by atoms with Gasteiger partial charge in [-0.1, -0.05) is 0 Å². The first-order valence-corrected chi connectivity index (χ1v) is 5.16. The molecule has 1 amide bonds. The highest BCUT2D eigenvalue weighted by molar-refractivity contribution is 5.94. The molecule has 0 fully saturated rings. The first kappa shape index (κ1) is 14.5. The molecule has 0 unspecified atom stereocenters. The van der Waals surface area contributed by atoms with Gasteiger partial charge in [-0.25, -0.2) is 13.2 Å². The van der Waals surface area contributed by atoms with Crippen LogP contribution in [0.1, 0.15) is 10.4 Å². The summed E-state index contributed by atoms with van der Waals surface area (Å²) in [7, 11) is 0. The highest BCUT2D eigenvalue weighted by atomic mass is 19.2. The molecule has 1 aromatic carbocycles. The van der Waals surface area contributed by atoms with E-state index >= 15 is 0 Å². The lowest BCUT2D eigenvalue weighted by Crippen LogP contribution is -2.36. The maximum Gasteiger partial charge on any atom is 0.254 e. The van der Waals surface area contributed by atoms with E-state index in [0.29, 0.717) is 12.1 Å². The van der Waals surface area contributed by atoms with Gasteiger partial charge in [0.1, 0.15) is 0 Å². The van der Waals surface area contributed by atoms with Gasteiger partial charge in [-0.05, 0) is 12.1 Å². The van der Waals surface area contributed by atoms with Gasteiger partial charge in [0.2, 0.25) is 0 Å². The number of halogens is 3. The summed E-state index contributed by atoms with van der Waals surface area (Å²) in [6.45, 7) is -0.921. The SMILES string of the molecule is O=C(c1cc(F)c(F)c(F)c1)N(CCO)CCO. The second kappa shape index (κ2) is 6.36. The number of benzene rings is 1. The van der Waals surface area contributed by atoms with Crippen LogP contribution in [-0.2, 0) is 0 Å². The van der Waals surface area contributed by atoms with Crippen LogP contribution >= 0.6 is 0 Å². The molecule has 18 heavy (non-hydrogen) atoms. The van der Waals surface area contributed by atoms with Crippen molar-refractivity contribution in [1.29, 1.82) is 0 Å². The molecule has 1 rings (SSSR count). The molecule has 0 saturated carbocycles. The summed E-state index contributed by atoms with van der Waals surface area (Å²) in [5, 5.41) is 17.5. The Balaban J connectivity index is 3.01. The average molecular weight is 263 g/mol. The number of aliphatic hydroxyl groups is 2. The number of carbonyl (C=O) groups is 1. The van der Waals surface area contributed by atoms with E-state index in [-0.39, 0.29) is 31.9 Å². The van der Waals surface area contributed by atoms with E-state index in [1.807, 2.05) is 0 Å². The minimum Gasteiger partial charge on any atom is -0.395 e. The summed E-state index contributed by atoms with van der Waals surface area (Å²) < 4.78 is 38.6. The van der Waals surface area contributed by atoms with Gasteiger partial charge in [-0.15, -0.1) is 0 Å². The molecule has 0 aromatic heterocycles. The molecule has 0 aliphatic carbocycles. The molecule has 100 valence electrons. The fourth-order valence-electron chi connectivity index (χ4n) is 1.42. The number of hydrogen-bond acceptors (Lipinski definition) is 3. The van der Waals surface area contributed by atoms with E-state index < -0.39 is 23.4 Å². The minimum absolute atomic E-state index is 0.0972. The number of rotatable bonds is 5. The first-order chi connectivity index (χ1) is 8.51. The zero-order valence-electron chi connectivity index (χ0n) is 9.37. The second-order valence-electron chi connectivity index (χ2n) is 3.49. The molecule has 2 N–H and O–H groups in total. The monoisotopic (exact) mass is 263 g/mol. The quantitative estimate of drug-likeness (QED) is 0.762. The third-order valence-corrected chi connectivity index (χ3v) is 2.26. The number of aliphatic hydroxyl groups excluding tert-OH is 2. The van der Waals surface area contributed by atoms with Crippen LogP contribution in [-0.4, -0.2) is 47.3 Å². The summed E-state index contributed by atoms with van der Waals surface area (Å²) >= 11 is 0. The van der Waals surface area contributed by atoms with Crippen LogP contribution < -0.4 is 0 Å². The van der Waals surface area contributed by atoms with Crippen molar-refractivity contribution in [3.05, 3.63) is 35.1 Å². The Kier molecular flexibility index (Phi) is 5.11. The van der Waals surface area contributed by atoms with E-state index in [1.54, 1.807) is 0 Å². The van der Waals surface area contributed by atoms with Crippen LogP contribution in [0, 0.1) is 17.5 Å². The molecule has 0 radical (unpaired) electrons. The topological polar surface area (TPSA) is 60.8 Å². The Morgan fingerprint density at radius 1 is 1.06 bits per heavy atom. The Morgan fingerprint density at radius 3 is 1.89 bits per heavy atom. The number of amides is 1. The molecule has 0 aliphatic heterocycles. The van der Waals surface area contributed by atoms with Crippen LogP contribution in [0.4, 0.5) is 13.2 Å². The maximum atomic E-state index is 13.0. The van der Waals surface area contributed by atoms with Crippen molar-refractivity contribution in [2.75, 3.05) is 26.3 Å². The van der Waals surface area contributed by atoms with Crippen molar-refractivity contribution in [3.8, 4) is 0 Å². The lowest BCUT2D eigenvalue weighted by atomic mass is 10.1. The van der Waals surface area contributed by atoms with Crippen LogP contribution in [0.5, 0.6) is 0 Å². The van der Waals surface area contributed by atoms with Crippen molar-refractivity contribution >= 4 is 5.91 Å². The van der Waals surface area contributed by atoms with Crippen LogP contribution in [0.15, 0.2) is 12.1 Å². The summed E-state index contributed by atoms with van der Waals surface area (Å²) in [5.41, 5.74) is -0.381. The van der Waals surface area contributed by atoms with Gasteiger partial charge in [0.15, 0.2) is 17.5 Å². The van der Waals surface area contributed by atoms with Gasteiger partial charge in [-0.2, -0.15) is 0 Å². The minimum atomic E-state index is -1.65. The standard InChI is InChI=1S/C11H12F3NO3/c12-8-5-7(6-9(13)10(8)14)11(18)15(1-3-16)2-4-17/h5-6,16-17H,1-4H2. The maximum absolute atomic E-state index is 13.0. The van der Waals surface area contributed by atoms with Gasteiger partial charge in [0, 0.05) is 18.7 Å². The Bertz CT molecular complexity index is 411. The third kappa shape index (κ3) is 3.21. The lowest BCUT2D eigenvalue weighted by molar-refractivity contribution is 0.0683. The zero-order chi connectivity index (χ0) is 13.7. The fraction of sp³-hybridized carbons (Fsp3) is 0.364. The normalized spacial score (nSPS) is 10.5. The molecule has 0 saturated heterocycles. The smallest absolute Gasteiger partial charge is 0.254 e. The summed E-state index contributed by atoms with van der Waals surface area (Å²) in [6.07, 6.45) is 0. The molecule has 0 heterocycles. The van der Waals surface area contributed by atoms with Gasteiger partial charge in [0.25, 0.3) is 5.91 Å². The van der Waals surface area contributed by atoms with E-state index in [9.17, 15) is 18.0 Å². The largest absolute Gasteiger partial charge is 0.395 e. The zero-order valence-corrected chi connectivity index (χ0v) is 9.37. The molecule has 1 aromatic rings. The fourth-order valence-corrected chi connectivity index (χ4v) is 1.42. The summed E-state index contributed by atoms with van der Waals surface area (Å²) in [5.74, 6) is -5.38. The molecule has 4 nitrogen and oxygen atoms in total. The molecular formula is C11H12F3NO3. The average Bonchev–Trinajstić information content (AvgIpc) is 2.34. The predicted octanol–water partition coefficient (Wildman–Crippen LogP) is 0.531. The van der Waals surface area contributed by atoms with Crippen molar-refractivity contribution in [2.24, 2.45) is 0 Å². The Morgan fingerprint density at radius 2 is 1.50 bits per heavy atom. The van der Waals surface area contributed by atoms with Crippen LogP contribution in [0.2, 0.25) is 0 Å². The number of hydrogen-bond donors (Lipinski definition) is 2. The van der Waals surface area contributed by atoms with E-state index in [0.717, 1.165) is 4.90 Å². The second-order valence-corrected chi connectivity index (χ2v) is 3.49. The van der Waals surface area contributed by atoms with E-state index in [4.69, 9.17) is 10.2 Å².